The third kappa shape index (κ3) is 2.54. The van der Waals surface area contributed by atoms with Crippen molar-refractivity contribution >= 4 is 27.5 Å². The molecular formula is C16H15FN4S. The summed E-state index contributed by atoms with van der Waals surface area (Å²) in [5.41, 5.74) is 0.772. The van der Waals surface area contributed by atoms with Gasteiger partial charge in [0.25, 0.3) is 0 Å². The van der Waals surface area contributed by atoms with Crippen LogP contribution in [0.5, 0.6) is 0 Å². The normalized spacial score (nSPS) is 16.3. The summed E-state index contributed by atoms with van der Waals surface area (Å²) < 4.78 is 14.3. The highest BCUT2D eigenvalue weighted by Gasteiger charge is 2.24. The molecule has 4 nitrogen and oxygen atoms in total. The Balaban J connectivity index is 1.50. The van der Waals surface area contributed by atoms with E-state index in [9.17, 15) is 4.39 Å². The molecule has 0 N–H and O–H groups in total. The molecular weight excluding hydrogens is 299 g/mol. The van der Waals surface area contributed by atoms with Crippen LogP contribution in [-0.2, 0) is 0 Å². The molecule has 0 radical (unpaired) electrons. The molecule has 6 heteroatoms. The van der Waals surface area contributed by atoms with Crippen molar-refractivity contribution in [3.05, 3.63) is 47.5 Å². The van der Waals surface area contributed by atoms with Gasteiger partial charge in [0.05, 0.1) is 15.2 Å². The van der Waals surface area contributed by atoms with Crippen molar-refractivity contribution in [3.8, 4) is 0 Å². The van der Waals surface area contributed by atoms with Crippen LogP contribution in [0.3, 0.4) is 0 Å². The Morgan fingerprint density at radius 2 is 1.91 bits per heavy atom. The molecule has 1 fully saturated rings. The third-order valence-corrected chi connectivity index (χ3v) is 5.24. The lowest BCUT2D eigenvalue weighted by atomic mass is 9.98. The van der Waals surface area contributed by atoms with E-state index >= 15 is 0 Å². The molecule has 1 aromatic carbocycles. The monoisotopic (exact) mass is 314 g/mol. The average Bonchev–Trinajstić information content (AvgIpc) is 2.99. The largest absolute Gasteiger partial charge is 0.341 e. The predicted molar refractivity (Wildman–Crippen MR) is 85.8 cm³/mol. The minimum atomic E-state index is -0.222. The molecule has 2 aromatic heterocycles. The van der Waals surface area contributed by atoms with E-state index in [0.717, 1.165) is 47.1 Å². The first-order chi connectivity index (χ1) is 10.8. The first-order valence-electron chi connectivity index (χ1n) is 7.37. The van der Waals surface area contributed by atoms with Crippen LogP contribution in [0.2, 0.25) is 0 Å². The molecule has 3 heterocycles. The number of piperidine rings is 1. The van der Waals surface area contributed by atoms with Gasteiger partial charge in [-0.15, -0.1) is 11.3 Å². The Bertz CT molecular complexity index is 781. The van der Waals surface area contributed by atoms with Crippen LogP contribution in [0.25, 0.3) is 10.2 Å². The van der Waals surface area contributed by atoms with E-state index in [1.165, 1.54) is 12.1 Å². The van der Waals surface area contributed by atoms with Crippen LogP contribution in [0, 0.1) is 5.82 Å². The molecule has 3 aromatic rings. The fourth-order valence-electron chi connectivity index (χ4n) is 2.87. The van der Waals surface area contributed by atoms with Crippen LogP contribution in [0.15, 0.2) is 36.7 Å². The van der Waals surface area contributed by atoms with E-state index in [4.69, 9.17) is 0 Å². The highest BCUT2D eigenvalue weighted by atomic mass is 32.1. The Morgan fingerprint density at radius 3 is 2.68 bits per heavy atom. The van der Waals surface area contributed by atoms with Crippen LogP contribution >= 0.6 is 11.3 Å². The predicted octanol–water partition coefficient (Wildman–Crippen LogP) is 3.61. The lowest BCUT2D eigenvalue weighted by molar-refractivity contribution is 0.498. The van der Waals surface area contributed by atoms with Crippen LogP contribution < -0.4 is 4.90 Å². The zero-order valence-electron chi connectivity index (χ0n) is 11.9. The first kappa shape index (κ1) is 13.6. The zero-order valence-corrected chi connectivity index (χ0v) is 12.8. The van der Waals surface area contributed by atoms with Crippen molar-refractivity contribution in [3.63, 3.8) is 0 Å². The Hall–Kier alpha value is -2.08. The van der Waals surface area contributed by atoms with Crippen molar-refractivity contribution in [1.82, 2.24) is 15.0 Å². The number of thiazole rings is 1. The van der Waals surface area contributed by atoms with Gasteiger partial charge in [-0.25, -0.2) is 19.3 Å². The van der Waals surface area contributed by atoms with Gasteiger partial charge in [0.15, 0.2) is 0 Å². The van der Waals surface area contributed by atoms with E-state index in [0.29, 0.717) is 5.92 Å². The summed E-state index contributed by atoms with van der Waals surface area (Å²) >= 11 is 1.68. The Labute approximate surface area is 131 Å². The summed E-state index contributed by atoms with van der Waals surface area (Å²) in [6.45, 7) is 1.86. The van der Waals surface area contributed by atoms with Crippen LogP contribution in [-0.4, -0.2) is 28.0 Å². The minimum Gasteiger partial charge on any atom is -0.341 e. The number of halogens is 1. The number of hydrogen-bond donors (Lipinski definition) is 0. The standard InChI is InChI=1S/C16H15FN4S/c17-12-2-3-14-13(10-12)20-15(22-14)11-4-8-21(9-5-11)16-18-6-1-7-19-16/h1-3,6-7,10-11H,4-5,8-9H2. The van der Waals surface area contributed by atoms with Gasteiger partial charge in [-0.05, 0) is 31.0 Å². The maximum atomic E-state index is 13.3. The Morgan fingerprint density at radius 1 is 1.14 bits per heavy atom. The maximum Gasteiger partial charge on any atom is 0.225 e. The smallest absolute Gasteiger partial charge is 0.225 e. The SMILES string of the molecule is Fc1ccc2sc(C3CCN(c4ncccn4)CC3)nc2c1. The fraction of sp³-hybridized carbons (Fsp3) is 0.312. The van der Waals surface area contributed by atoms with E-state index in [1.54, 1.807) is 23.7 Å². The van der Waals surface area contributed by atoms with E-state index in [-0.39, 0.29) is 5.82 Å². The highest BCUT2D eigenvalue weighted by molar-refractivity contribution is 7.18. The maximum absolute atomic E-state index is 13.3. The molecule has 0 aliphatic carbocycles. The molecule has 1 saturated heterocycles. The molecule has 0 bridgehead atoms. The highest BCUT2D eigenvalue weighted by Crippen LogP contribution is 2.34. The first-order valence-corrected chi connectivity index (χ1v) is 8.19. The molecule has 0 atom stereocenters. The van der Waals surface area contributed by atoms with Gasteiger partial charge in [0.2, 0.25) is 5.95 Å². The molecule has 1 aliphatic heterocycles. The number of aromatic nitrogens is 3. The lowest BCUT2D eigenvalue weighted by Gasteiger charge is -2.30. The summed E-state index contributed by atoms with van der Waals surface area (Å²) in [5.74, 6) is 1.02. The number of anilines is 1. The number of fused-ring (bicyclic) bond motifs is 1. The average molecular weight is 314 g/mol. The summed E-state index contributed by atoms with van der Waals surface area (Å²) in [5, 5.41) is 1.12. The van der Waals surface area contributed by atoms with Crippen molar-refractivity contribution in [2.75, 3.05) is 18.0 Å². The van der Waals surface area contributed by atoms with Crippen LogP contribution in [0.1, 0.15) is 23.8 Å². The van der Waals surface area contributed by atoms with Gasteiger partial charge >= 0.3 is 0 Å². The van der Waals surface area contributed by atoms with Gasteiger partial charge in [-0.2, -0.15) is 0 Å². The quantitative estimate of drug-likeness (QED) is 0.724. The topological polar surface area (TPSA) is 41.9 Å². The zero-order chi connectivity index (χ0) is 14.9. The molecule has 22 heavy (non-hydrogen) atoms. The number of rotatable bonds is 2. The summed E-state index contributed by atoms with van der Waals surface area (Å²) in [6.07, 6.45) is 5.61. The van der Waals surface area contributed by atoms with Crippen molar-refractivity contribution in [2.45, 2.75) is 18.8 Å². The van der Waals surface area contributed by atoms with Crippen molar-refractivity contribution < 1.29 is 4.39 Å². The minimum absolute atomic E-state index is 0.222. The molecule has 1 aliphatic rings. The van der Waals surface area contributed by atoms with Crippen LogP contribution in [0.4, 0.5) is 10.3 Å². The van der Waals surface area contributed by atoms with Crippen molar-refractivity contribution in [1.29, 1.82) is 0 Å². The summed E-state index contributed by atoms with van der Waals surface area (Å²) in [4.78, 5) is 15.4. The van der Waals surface area contributed by atoms with Gasteiger partial charge < -0.3 is 4.90 Å². The lowest BCUT2D eigenvalue weighted by Crippen LogP contribution is -2.34. The summed E-state index contributed by atoms with van der Waals surface area (Å²) in [7, 11) is 0. The second-order valence-electron chi connectivity index (χ2n) is 5.47. The second kappa shape index (κ2) is 5.61. The van der Waals surface area contributed by atoms with Crippen molar-refractivity contribution in [2.24, 2.45) is 0 Å². The van der Waals surface area contributed by atoms with Gasteiger partial charge in [0, 0.05) is 37.5 Å². The number of hydrogen-bond acceptors (Lipinski definition) is 5. The third-order valence-electron chi connectivity index (χ3n) is 4.05. The van der Waals surface area contributed by atoms with Gasteiger partial charge in [-0.1, -0.05) is 0 Å². The molecule has 0 saturated carbocycles. The van der Waals surface area contributed by atoms with Gasteiger partial charge in [-0.3, -0.25) is 0 Å². The molecule has 0 spiro atoms. The Kier molecular flexibility index (Phi) is 3.46. The number of nitrogens with zero attached hydrogens (tertiary/aromatic N) is 4. The van der Waals surface area contributed by atoms with E-state index < -0.39 is 0 Å². The molecule has 0 unspecified atom stereocenters. The molecule has 0 amide bonds. The van der Waals surface area contributed by atoms with Gasteiger partial charge in [0.1, 0.15) is 5.82 Å². The number of benzene rings is 1. The molecule has 4 rings (SSSR count). The summed E-state index contributed by atoms with van der Waals surface area (Å²) in [6, 6.07) is 6.66. The molecule has 112 valence electrons. The fourth-order valence-corrected chi connectivity index (χ4v) is 3.99. The second-order valence-corrected chi connectivity index (χ2v) is 6.54. The van der Waals surface area contributed by atoms with E-state index in [1.807, 2.05) is 12.1 Å². The van der Waals surface area contributed by atoms with E-state index in [2.05, 4.69) is 19.9 Å².